The number of unbranched alkanes of at least 4 members (excludes halogenated alkanes) is 22. The molecule has 1 unspecified atom stereocenters. The predicted octanol–water partition coefficient (Wildman–Crippen LogP) is 12.3. The molecule has 0 amide bonds. The van der Waals surface area contributed by atoms with Gasteiger partial charge in [0.15, 0.2) is 0 Å². The van der Waals surface area contributed by atoms with Crippen molar-refractivity contribution in [2.24, 2.45) is 0 Å². The Labute approximate surface area is 255 Å². The van der Waals surface area contributed by atoms with Gasteiger partial charge in [0.05, 0.1) is 0 Å². The Morgan fingerprint density at radius 1 is 0.512 bits per heavy atom. The summed E-state index contributed by atoms with van der Waals surface area (Å²) in [7, 11) is 0. The highest BCUT2D eigenvalue weighted by Crippen LogP contribution is 2.18. The summed E-state index contributed by atoms with van der Waals surface area (Å²) < 4.78 is 5.88. The van der Waals surface area contributed by atoms with Gasteiger partial charge in [0.1, 0.15) is 6.10 Å². The average Bonchev–Trinajstić information content (AvgIpc) is 2.95. The van der Waals surface area contributed by atoms with Crippen molar-refractivity contribution in [3.63, 3.8) is 0 Å². The van der Waals surface area contributed by atoms with Crippen LogP contribution in [0.3, 0.4) is 0 Å². The smallest absolute Gasteiger partial charge is 0.306 e. The van der Waals surface area contributed by atoms with Crippen LogP contribution in [0.5, 0.6) is 0 Å². The van der Waals surface area contributed by atoms with Crippen molar-refractivity contribution < 1.29 is 19.4 Å². The number of ether oxygens (including phenoxy) is 1. The van der Waals surface area contributed by atoms with E-state index < -0.39 is 5.97 Å². The molecule has 4 heteroatoms. The maximum Gasteiger partial charge on any atom is 0.306 e. The van der Waals surface area contributed by atoms with Crippen LogP contribution in [0.25, 0.3) is 0 Å². The van der Waals surface area contributed by atoms with Gasteiger partial charge in [-0.3, -0.25) is 9.59 Å². The van der Waals surface area contributed by atoms with Crippen LogP contribution in [-0.4, -0.2) is 23.1 Å². The van der Waals surface area contributed by atoms with E-state index in [0.29, 0.717) is 12.8 Å². The summed E-state index contributed by atoms with van der Waals surface area (Å²) in [6.45, 7) is 4.51. The number of aliphatic carboxylic acids is 1. The molecule has 0 heterocycles. The van der Waals surface area contributed by atoms with Crippen molar-refractivity contribution in [1.29, 1.82) is 0 Å². The van der Waals surface area contributed by atoms with Crippen molar-refractivity contribution in [3.05, 3.63) is 12.2 Å². The van der Waals surface area contributed by atoms with E-state index in [2.05, 4.69) is 26.0 Å². The minimum Gasteiger partial charge on any atom is -0.481 e. The summed E-state index contributed by atoms with van der Waals surface area (Å²) in [5, 5.41) is 8.92. The third kappa shape index (κ3) is 33.1. The van der Waals surface area contributed by atoms with Crippen LogP contribution in [-0.2, 0) is 14.3 Å². The van der Waals surface area contributed by atoms with Crippen molar-refractivity contribution >= 4 is 11.9 Å². The number of allylic oxidation sites excluding steroid dienone is 2. The van der Waals surface area contributed by atoms with E-state index >= 15 is 0 Å². The summed E-state index contributed by atoms with van der Waals surface area (Å²) in [6, 6.07) is 0. The van der Waals surface area contributed by atoms with Crippen molar-refractivity contribution in [2.45, 2.75) is 213 Å². The number of rotatable bonds is 33. The molecule has 0 rings (SSSR count). The Hall–Kier alpha value is -1.32. The Morgan fingerprint density at radius 2 is 0.902 bits per heavy atom. The van der Waals surface area contributed by atoms with Gasteiger partial charge in [0.2, 0.25) is 0 Å². The highest BCUT2D eigenvalue weighted by atomic mass is 16.5. The van der Waals surface area contributed by atoms with Gasteiger partial charge in [-0.25, -0.2) is 0 Å². The summed E-state index contributed by atoms with van der Waals surface area (Å²) in [6.07, 6.45) is 39.3. The summed E-state index contributed by atoms with van der Waals surface area (Å²) in [5.41, 5.74) is 0. The molecule has 0 aromatic rings. The zero-order valence-electron chi connectivity index (χ0n) is 27.6. The molecule has 0 aliphatic carbocycles. The van der Waals surface area contributed by atoms with Gasteiger partial charge in [0, 0.05) is 12.8 Å². The molecule has 1 N–H and O–H groups in total. The second-order valence-electron chi connectivity index (χ2n) is 12.4. The minimum atomic E-state index is -0.742. The first kappa shape index (κ1) is 39.7. The van der Waals surface area contributed by atoms with Crippen molar-refractivity contribution in [2.75, 3.05) is 0 Å². The van der Waals surface area contributed by atoms with Crippen LogP contribution in [0.4, 0.5) is 0 Å². The highest BCUT2D eigenvalue weighted by Gasteiger charge is 2.14. The summed E-state index contributed by atoms with van der Waals surface area (Å²) in [4.78, 5) is 23.3. The Morgan fingerprint density at radius 3 is 1.41 bits per heavy atom. The maximum atomic E-state index is 12.5. The van der Waals surface area contributed by atoms with Crippen LogP contribution in [0.15, 0.2) is 12.2 Å². The molecule has 0 radical (unpaired) electrons. The Balaban J connectivity index is 3.90. The van der Waals surface area contributed by atoms with Crippen LogP contribution >= 0.6 is 0 Å². The van der Waals surface area contributed by atoms with E-state index in [9.17, 15) is 9.59 Å². The lowest BCUT2D eigenvalue weighted by molar-refractivity contribution is -0.150. The molecule has 0 aliphatic rings. The van der Waals surface area contributed by atoms with Gasteiger partial charge in [0.25, 0.3) is 0 Å². The molecule has 242 valence electrons. The number of carboxylic acid groups (broad SMARTS) is 1. The molecule has 41 heavy (non-hydrogen) atoms. The number of carbonyl (C=O) groups excluding carboxylic acids is 1. The molecule has 0 saturated heterocycles. The lowest BCUT2D eigenvalue weighted by Crippen LogP contribution is -2.18. The molecule has 0 aliphatic heterocycles. The number of esters is 1. The lowest BCUT2D eigenvalue weighted by atomic mass is 10.0. The first-order chi connectivity index (χ1) is 20.1. The largest absolute Gasteiger partial charge is 0.481 e. The van der Waals surface area contributed by atoms with Crippen molar-refractivity contribution in [3.8, 4) is 0 Å². The first-order valence-electron chi connectivity index (χ1n) is 18.2. The van der Waals surface area contributed by atoms with E-state index in [1.165, 1.54) is 135 Å². The zero-order valence-corrected chi connectivity index (χ0v) is 27.6. The second-order valence-corrected chi connectivity index (χ2v) is 12.4. The molecular weight excluding hydrogens is 508 g/mol. The summed E-state index contributed by atoms with van der Waals surface area (Å²) >= 11 is 0. The molecule has 4 nitrogen and oxygen atoms in total. The SMILES string of the molecule is CCCC/C=C\CCCCCCCCC(=O)OC(CCCCCCCCCCCCCCCC)CCCCC(=O)O. The van der Waals surface area contributed by atoms with Crippen LogP contribution < -0.4 is 0 Å². The number of hydrogen-bond donors (Lipinski definition) is 1. The van der Waals surface area contributed by atoms with E-state index in [-0.39, 0.29) is 18.5 Å². The fraction of sp³-hybridized carbons (Fsp3) is 0.892. The highest BCUT2D eigenvalue weighted by molar-refractivity contribution is 5.69. The third-order valence-electron chi connectivity index (χ3n) is 8.24. The molecular formula is C37H70O4. The van der Waals surface area contributed by atoms with Crippen LogP contribution in [0.2, 0.25) is 0 Å². The van der Waals surface area contributed by atoms with E-state index in [1.807, 2.05) is 0 Å². The first-order valence-corrected chi connectivity index (χ1v) is 18.2. The molecule has 0 saturated carbocycles. The van der Waals surface area contributed by atoms with Gasteiger partial charge in [-0.15, -0.1) is 0 Å². The van der Waals surface area contributed by atoms with Gasteiger partial charge < -0.3 is 9.84 Å². The molecule has 0 bridgehead atoms. The van der Waals surface area contributed by atoms with Crippen molar-refractivity contribution in [1.82, 2.24) is 0 Å². The number of carboxylic acids is 1. The number of carbonyl (C=O) groups is 2. The van der Waals surface area contributed by atoms with Gasteiger partial charge in [-0.1, -0.05) is 148 Å². The second kappa shape index (κ2) is 33.2. The normalized spacial score (nSPS) is 12.2. The molecule has 0 fully saturated rings. The zero-order chi connectivity index (χ0) is 30.1. The Kier molecular flexibility index (Phi) is 32.1. The molecule has 0 spiro atoms. The van der Waals surface area contributed by atoms with E-state index in [0.717, 1.165) is 38.5 Å². The maximum absolute atomic E-state index is 12.5. The monoisotopic (exact) mass is 579 g/mol. The van der Waals surface area contributed by atoms with E-state index in [4.69, 9.17) is 9.84 Å². The molecule has 0 aromatic heterocycles. The fourth-order valence-electron chi connectivity index (χ4n) is 5.52. The predicted molar refractivity (Wildman–Crippen MR) is 177 cm³/mol. The lowest BCUT2D eigenvalue weighted by Gasteiger charge is -2.18. The minimum absolute atomic E-state index is 0.0426. The summed E-state index contributed by atoms with van der Waals surface area (Å²) in [5.74, 6) is -0.801. The topological polar surface area (TPSA) is 63.6 Å². The van der Waals surface area contributed by atoms with Crippen LogP contribution in [0, 0.1) is 0 Å². The molecule has 1 atom stereocenters. The fourth-order valence-corrected chi connectivity index (χ4v) is 5.52. The molecule has 0 aromatic carbocycles. The average molecular weight is 579 g/mol. The van der Waals surface area contributed by atoms with Gasteiger partial charge in [-0.2, -0.15) is 0 Å². The van der Waals surface area contributed by atoms with Gasteiger partial charge in [-0.05, 0) is 57.8 Å². The van der Waals surface area contributed by atoms with Crippen LogP contribution in [0.1, 0.15) is 206 Å². The third-order valence-corrected chi connectivity index (χ3v) is 8.24. The Bertz CT molecular complexity index is 585. The van der Waals surface area contributed by atoms with E-state index in [1.54, 1.807) is 0 Å². The standard InChI is InChI=1S/C37H70O4/c1-3-5-7-9-11-13-15-17-18-19-21-23-25-27-31-35(32-29-30-33-36(38)39)41-37(40)34-28-26-24-22-20-16-14-12-10-8-6-4-2/h10,12,35H,3-9,11,13-34H2,1-2H3,(H,38,39)/b12-10-. The van der Waals surface area contributed by atoms with Gasteiger partial charge >= 0.3 is 11.9 Å². The number of hydrogen-bond acceptors (Lipinski definition) is 3. The quantitative estimate of drug-likeness (QED) is 0.0478.